The lowest BCUT2D eigenvalue weighted by Gasteiger charge is -2.12. The van der Waals surface area contributed by atoms with Gasteiger partial charge in [0.05, 0.1) is 7.11 Å². The van der Waals surface area contributed by atoms with Crippen molar-refractivity contribution in [3.63, 3.8) is 0 Å². The maximum atomic E-state index is 6.21. The van der Waals surface area contributed by atoms with E-state index in [2.05, 4.69) is 13.8 Å². The molecule has 1 rings (SSSR count). The second-order valence-electron chi connectivity index (χ2n) is 3.91. The zero-order valence-corrected chi connectivity index (χ0v) is 10.7. The third-order valence-corrected chi connectivity index (χ3v) is 2.73. The van der Waals surface area contributed by atoms with Gasteiger partial charge >= 0.3 is 0 Å². The second kappa shape index (κ2) is 5.92. The summed E-state index contributed by atoms with van der Waals surface area (Å²) in [6.07, 6.45) is 3.80. The molecule has 1 aromatic carbocycles. The molecular formula is C13H18ClNO. The van der Waals surface area contributed by atoms with Crippen LogP contribution in [-0.4, -0.2) is 13.7 Å². The molecule has 88 valence electrons. The quantitative estimate of drug-likeness (QED) is 0.874. The number of ether oxygens (including phenoxy) is 1. The summed E-state index contributed by atoms with van der Waals surface area (Å²) in [5, 5.41) is 0.771. The molecule has 0 amide bonds. The lowest BCUT2D eigenvalue weighted by Crippen LogP contribution is -1.95. The molecule has 0 saturated heterocycles. The number of hydrogen-bond donors (Lipinski definition) is 1. The predicted molar refractivity (Wildman–Crippen MR) is 70.2 cm³/mol. The summed E-state index contributed by atoms with van der Waals surface area (Å²) in [6, 6.07) is 3.91. The van der Waals surface area contributed by atoms with E-state index in [1.165, 1.54) is 0 Å². The van der Waals surface area contributed by atoms with Crippen LogP contribution in [0.4, 0.5) is 0 Å². The molecule has 0 unspecified atom stereocenters. The fourth-order valence-electron chi connectivity index (χ4n) is 1.53. The molecule has 0 aliphatic rings. The molecule has 0 aliphatic carbocycles. The van der Waals surface area contributed by atoms with Crippen LogP contribution in [0.5, 0.6) is 5.75 Å². The Morgan fingerprint density at radius 1 is 1.44 bits per heavy atom. The van der Waals surface area contributed by atoms with Crippen LogP contribution in [0.2, 0.25) is 5.02 Å². The summed E-state index contributed by atoms with van der Waals surface area (Å²) in [6.45, 7) is 4.72. The highest BCUT2D eigenvalue weighted by Gasteiger charge is 2.10. The highest BCUT2D eigenvalue weighted by molar-refractivity contribution is 6.31. The van der Waals surface area contributed by atoms with Gasteiger partial charge in [0.1, 0.15) is 5.75 Å². The van der Waals surface area contributed by atoms with Crippen molar-refractivity contribution in [2.24, 2.45) is 5.73 Å². The molecule has 0 atom stereocenters. The number of nitrogens with two attached hydrogens (primary N) is 1. The van der Waals surface area contributed by atoms with Crippen molar-refractivity contribution in [3.8, 4) is 5.75 Å². The molecule has 2 N–H and O–H groups in total. The van der Waals surface area contributed by atoms with Crippen molar-refractivity contribution in [2.75, 3.05) is 13.7 Å². The number of hydrogen-bond acceptors (Lipinski definition) is 2. The molecular weight excluding hydrogens is 222 g/mol. The maximum absolute atomic E-state index is 6.21. The van der Waals surface area contributed by atoms with E-state index in [1.807, 2.05) is 24.3 Å². The highest BCUT2D eigenvalue weighted by Crippen LogP contribution is 2.32. The Hall–Kier alpha value is -0.990. The third kappa shape index (κ3) is 3.00. The van der Waals surface area contributed by atoms with Crippen molar-refractivity contribution in [1.29, 1.82) is 0 Å². The average molecular weight is 240 g/mol. The molecule has 1 aromatic rings. The molecule has 0 aliphatic heterocycles. The molecule has 0 heterocycles. The molecule has 0 fully saturated rings. The molecule has 0 spiro atoms. The minimum Gasteiger partial charge on any atom is -0.496 e. The van der Waals surface area contributed by atoms with Crippen LogP contribution >= 0.6 is 11.6 Å². The number of methoxy groups -OCH3 is 1. The van der Waals surface area contributed by atoms with Crippen LogP contribution in [0, 0.1) is 0 Å². The van der Waals surface area contributed by atoms with Crippen LogP contribution in [0.15, 0.2) is 18.2 Å². The summed E-state index contributed by atoms with van der Waals surface area (Å²) >= 11 is 6.21. The Kier molecular flexibility index (Phi) is 4.84. The summed E-state index contributed by atoms with van der Waals surface area (Å²) in [7, 11) is 1.66. The lowest BCUT2D eigenvalue weighted by atomic mass is 10.0. The highest BCUT2D eigenvalue weighted by atomic mass is 35.5. The van der Waals surface area contributed by atoms with E-state index in [0.29, 0.717) is 12.5 Å². The Labute approximate surface area is 102 Å². The van der Waals surface area contributed by atoms with E-state index < -0.39 is 0 Å². The van der Waals surface area contributed by atoms with E-state index in [0.717, 1.165) is 21.9 Å². The van der Waals surface area contributed by atoms with Gasteiger partial charge < -0.3 is 10.5 Å². The third-order valence-electron chi connectivity index (χ3n) is 2.40. The second-order valence-corrected chi connectivity index (χ2v) is 4.32. The molecule has 3 heteroatoms. The Morgan fingerprint density at radius 3 is 2.62 bits per heavy atom. The largest absolute Gasteiger partial charge is 0.496 e. The van der Waals surface area contributed by atoms with Crippen LogP contribution < -0.4 is 10.5 Å². The van der Waals surface area contributed by atoms with Crippen molar-refractivity contribution in [1.82, 2.24) is 0 Å². The van der Waals surface area contributed by atoms with Crippen LogP contribution in [-0.2, 0) is 0 Å². The summed E-state index contributed by atoms with van der Waals surface area (Å²) in [5.74, 6) is 1.21. The molecule has 16 heavy (non-hydrogen) atoms. The van der Waals surface area contributed by atoms with Gasteiger partial charge in [-0.2, -0.15) is 0 Å². The normalized spacial score (nSPS) is 11.4. The van der Waals surface area contributed by atoms with Crippen molar-refractivity contribution >= 4 is 17.7 Å². The van der Waals surface area contributed by atoms with Crippen LogP contribution in [0.1, 0.15) is 30.9 Å². The smallest absolute Gasteiger partial charge is 0.126 e. The van der Waals surface area contributed by atoms with Crippen LogP contribution in [0.3, 0.4) is 0 Å². The van der Waals surface area contributed by atoms with Gasteiger partial charge in [-0.15, -0.1) is 0 Å². The van der Waals surface area contributed by atoms with Gasteiger partial charge in [0.2, 0.25) is 0 Å². The summed E-state index contributed by atoms with van der Waals surface area (Å²) in [4.78, 5) is 0. The maximum Gasteiger partial charge on any atom is 0.126 e. The topological polar surface area (TPSA) is 35.2 Å². The van der Waals surface area contributed by atoms with E-state index in [1.54, 1.807) is 7.11 Å². The first kappa shape index (κ1) is 13.1. The first-order valence-electron chi connectivity index (χ1n) is 5.34. The fraction of sp³-hybridized carbons (Fsp3) is 0.385. The lowest BCUT2D eigenvalue weighted by molar-refractivity contribution is 0.413. The average Bonchev–Trinajstić information content (AvgIpc) is 2.25. The van der Waals surface area contributed by atoms with E-state index >= 15 is 0 Å². The standard InChI is InChI=1S/C13H18ClNO/c1-9(2)11-8-13(16-3)10(5-4-6-15)7-12(11)14/h4-5,7-9H,6,15H2,1-3H3/b5-4+. The van der Waals surface area contributed by atoms with E-state index in [4.69, 9.17) is 22.1 Å². The molecule has 2 nitrogen and oxygen atoms in total. The Bertz CT molecular complexity index is 386. The van der Waals surface area contributed by atoms with Crippen LogP contribution in [0.25, 0.3) is 6.08 Å². The fourth-order valence-corrected chi connectivity index (χ4v) is 1.92. The molecule has 0 radical (unpaired) electrons. The van der Waals surface area contributed by atoms with Crippen molar-refractivity contribution < 1.29 is 4.74 Å². The van der Waals surface area contributed by atoms with Gasteiger partial charge in [0, 0.05) is 17.1 Å². The minimum atomic E-state index is 0.383. The zero-order valence-electron chi connectivity index (χ0n) is 9.96. The monoisotopic (exact) mass is 239 g/mol. The van der Waals surface area contributed by atoms with E-state index in [-0.39, 0.29) is 0 Å². The molecule has 0 bridgehead atoms. The SMILES string of the molecule is COc1cc(C(C)C)c(Cl)cc1/C=C/CN. The summed E-state index contributed by atoms with van der Waals surface area (Å²) in [5.41, 5.74) is 7.48. The van der Waals surface area contributed by atoms with Crippen molar-refractivity contribution in [3.05, 3.63) is 34.4 Å². The van der Waals surface area contributed by atoms with Gasteiger partial charge in [-0.1, -0.05) is 37.6 Å². The van der Waals surface area contributed by atoms with Gasteiger partial charge in [-0.3, -0.25) is 0 Å². The van der Waals surface area contributed by atoms with Gasteiger partial charge in [-0.25, -0.2) is 0 Å². The Morgan fingerprint density at radius 2 is 2.12 bits per heavy atom. The van der Waals surface area contributed by atoms with Gasteiger partial charge in [0.25, 0.3) is 0 Å². The molecule has 0 saturated carbocycles. The first-order valence-corrected chi connectivity index (χ1v) is 5.72. The predicted octanol–water partition coefficient (Wildman–Crippen LogP) is 3.44. The zero-order chi connectivity index (χ0) is 12.1. The summed E-state index contributed by atoms with van der Waals surface area (Å²) < 4.78 is 5.34. The number of rotatable bonds is 4. The van der Waals surface area contributed by atoms with Crippen molar-refractivity contribution in [2.45, 2.75) is 19.8 Å². The number of benzene rings is 1. The minimum absolute atomic E-state index is 0.383. The first-order chi connectivity index (χ1) is 7.60. The Balaban J connectivity index is 3.21. The molecule has 0 aromatic heterocycles. The van der Waals surface area contributed by atoms with E-state index in [9.17, 15) is 0 Å². The van der Waals surface area contributed by atoms with Gasteiger partial charge in [-0.05, 0) is 23.6 Å². The number of halogens is 1. The van der Waals surface area contributed by atoms with Gasteiger partial charge in [0.15, 0.2) is 0 Å².